The number of carbonyl (C=O) groups excluding carboxylic acids is 1. The second-order valence-corrected chi connectivity index (χ2v) is 3.01. The molecule has 0 radical (unpaired) electrons. The summed E-state index contributed by atoms with van der Waals surface area (Å²) < 4.78 is 1.76. The molecule has 0 aliphatic rings. The standard InChI is InChI=1S/C9H11N5O/c15-9(8-6-11-12-7-8)10-3-5-14-4-1-2-13-14/h1-2,4,6-7H,3,5H2,(H,10,15)(H,11,12). The van der Waals surface area contributed by atoms with Crippen LogP contribution in [0.2, 0.25) is 0 Å². The molecule has 2 heterocycles. The van der Waals surface area contributed by atoms with Crippen molar-refractivity contribution in [1.29, 1.82) is 0 Å². The number of aromatic amines is 1. The first kappa shape index (κ1) is 9.45. The Morgan fingerprint density at radius 1 is 1.60 bits per heavy atom. The Hall–Kier alpha value is -2.11. The highest BCUT2D eigenvalue weighted by molar-refractivity contribution is 5.93. The van der Waals surface area contributed by atoms with Gasteiger partial charge >= 0.3 is 0 Å². The van der Waals surface area contributed by atoms with Crippen LogP contribution in [-0.2, 0) is 6.54 Å². The molecule has 0 bridgehead atoms. The molecule has 0 unspecified atom stereocenters. The van der Waals surface area contributed by atoms with Crippen molar-refractivity contribution >= 4 is 5.91 Å². The van der Waals surface area contributed by atoms with Crippen LogP contribution in [-0.4, -0.2) is 32.4 Å². The molecule has 0 aliphatic carbocycles. The molecular formula is C9H11N5O. The first-order chi connectivity index (χ1) is 7.36. The highest BCUT2D eigenvalue weighted by atomic mass is 16.1. The monoisotopic (exact) mass is 205 g/mol. The van der Waals surface area contributed by atoms with Crippen molar-refractivity contribution < 1.29 is 4.79 Å². The maximum Gasteiger partial charge on any atom is 0.254 e. The van der Waals surface area contributed by atoms with Gasteiger partial charge in [-0.1, -0.05) is 0 Å². The van der Waals surface area contributed by atoms with Gasteiger partial charge in [0.05, 0.1) is 18.3 Å². The van der Waals surface area contributed by atoms with E-state index in [1.165, 1.54) is 6.20 Å². The van der Waals surface area contributed by atoms with Crippen molar-refractivity contribution in [2.75, 3.05) is 6.54 Å². The number of H-pyrrole nitrogens is 1. The Kier molecular flexibility index (Phi) is 2.77. The van der Waals surface area contributed by atoms with Crippen molar-refractivity contribution in [2.24, 2.45) is 0 Å². The SMILES string of the molecule is O=C(NCCn1cccn1)c1cn[nH]c1. The lowest BCUT2D eigenvalue weighted by Crippen LogP contribution is -2.27. The average molecular weight is 205 g/mol. The average Bonchev–Trinajstić information content (AvgIpc) is 2.90. The summed E-state index contributed by atoms with van der Waals surface area (Å²) in [5.74, 6) is -0.129. The Balaban J connectivity index is 1.77. The fraction of sp³-hybridized carbons (Fsp3) is 0.222. The molecule has 78 valence electrons. The number of rotatable bonds is 4. The lowest BCUT2D eigenvalue weighted by Gasteiger charge is -2.03. The van der Waals surface area contributed by atoms with E-state index in [9.17, 15) is 4.79 Å². The predicted molar refractivity (Wildman–Crippen MR) is 53.1 cm³/mol. The van der Waals surface area contributed by atoms with E-state index in [0.717, 1.165) is 0 Å². The van der Waals surface area contributed by atoms with E-state index in [2.05, 4.69) is 20.6 Å². The van der Waals surface area contributed by atoms with Crippen molar-refractivity contribution in [1.82, 2.24) is 25.3 Å². The molecule has 0 spiro atoms. The fourth-order valence-corrected chi connectivity index (χ4v) is 1.19. The smallest absolute Gasteiger partial charge is 0.254 e. The number of aromatic nitrogens is 4. The number of hydrogen-bond donors (Lipinski definition) is 2. The summed E-state index contributed by atoms with van der Waals surface area (Å²) in [6, 6.07) is 1.85. The second kappa shape index (κ2) is 4.41. The topological polar surface area (TPSA) is 75.6 Å². The van der Waals surface area contributed by atoms with Crippen molar-refractivity contribution in [3.05, 3.63) is 36.4 Å². The normalized spacial score (nSPS) is 10.1. The van der Waals surface area contributed by atoms with Crippen LogP contribution in [0, 0.1) is 0 Å². The van der Waals surface area contributed by atoms with Gasteiger partial charge in [0.25, 0.3) is 5.91 Å². The third-order valence-corrected chi connectivity index (χ3v) is 1.95. The zero-order chi connectivity index (χ0) is 10.5. The first-order valence-electron chi connectivity index (χ1n) is 4.60. The van der Waals surface area contributed by atoms with E-state index in [4.69, 9.17) is 0 Å². The van der Waals surface area contributed by atoms with Gasteiger partial charge in [-0.15, -0.1) is 0 Å². The molecular weight excluding hydrogens is 194 g/mol. The quantitative estimate of drug-likeness (QED) is 0.739. The van der Waals surface area contributed by atoms with Gasteiger partial charge in [-0.2, -0.15) is 10.2 Å². The van der Waals surface area contributed by atoms with Crippen LogP contribution in [0.3, 0.4) is 0 Å². The molecule has 2 rings (SSSR count). The largest absolute Gasteiger partial charge is 0.350 e. The summed E-state index contributed by atoms with van der Waals surface area (Å²) in [7, 11) is 0. The fourth-order valence-electron chi connectivity index (χ4n) is 1.19. The van der Waals surface area contributed by atoms with Crippen LogP contribution < -0.4 is 5.32 Å². The van der Waals surface area contributed by atoms with Gasteiger partial charge < -0.3 is 5.32 Å². The van der Waals surface area contributed by atoms with Crippen LogP contribution in [0.5, 0.6) is 0 Å². The van der Waals surface area contributed by atoms with Crippen LogP contribution in [0.15, 0.2) is 30.9 Å². The predicted octanol–water partition coefficient (Wildman–Crippen LogP) is 0.0362. The van der Waals surface area contributed by atoms with Crippen molar-refractivity contribution in [3.63, 3.8) is 0 Å². The van der Waals surface area contributed by atoms with E-state index in [0.29, 0.717) is 18.7 Å². The van der Waals surface area contributed by atoms with Gasteiger partial charge in [0, 0.05) is 25.1 Å². The summed E-state index contributed by atoms with van der Waals surface area (Å²) in [6.45, 7) is 1.21. The Morgan fingerprint density at radius 2 is 2.53 bits per heavy atom. The number of amides is 1. The molecule has 0 saturated carbocycles. The third-order valence-electron chi connectivity index (χ3n) is 1.95. The minimum atomic E-state index is -0.129. The second-order valence-electron chi connectivity index (χ2n) is 3.01. The van der Waals surface area contributed by atoms with Crippen LogP contribution in [0.25, 0.3) is 0 Å². The van der Waals surface area contributed by atoms with Gasteiger partial charge in [0.2, 0.25) is 0 Å². The van der Waals surface area contributed by atoms with Crippen LogP contribution >= 0.6 is 0 Å². The molecule has 1 amide bonds. The van der Waals surface area contributed by atoms with E-state index in [1.807, 2.05) is 12.3 Å². The van der Waals surface area contributed by atoms with E-state index in [-0.39, 0.29) is 5.91 Å². The van der Waals surface area contributed by atoms with Gasteiger partial charge in [-0.3, -0.25) is 14.6 Å². The third kappa shape index (κ3) is 2.43. The van der Waals surface area contributed by atoms with E-state index < -0.39 is 0 Å². The molecule has 0 saturated heterocycles. The zero-order valence-corrected chi connectivity index (χ0v) is 8.05. The van der Waals surface area contributed by atoms with Crippen molar-refractivity contribution in [3.8, 4) is 0 Å². The van der Waals surface area contributed by atoms with Crippen molar-refractivity contribution in [2.45, 2.75) is 6.54 Å². The number of carbonyl (C=O) groups is 1. The highest BCUT2D eigenvalue weighted by Gasteiger charge is 2.04. The van der Waals surface area contributed by atoms with Gasteiger partial charge in [0.15, 0.2) is 0 Å². The maximum atomic E-state index is 11.4. The Morgan fingerprint density at radius 3 is 3.20 bits per heavy atom. The molecule has 0 fully saturated rings. The molecule has 6 heteroatoms. The van der Waals surface area contributed by atoms with Crippen LogP contribution in [0.4, 0.5) is 0 Å². The molecule has 2 aromatic heterocycles. The van der Waals surface area contributed by atoms with Gasteiger partial charge in [0.1, 0.15) is 0 Å². The van der Waals surface area contributed by atoms with E-state index in [1.54, 1.807) is 17.1 Å². The maximum absolute atomic E-state index is 11.4. The minimum Gasteiger partial charge on any atom is -0.350 e. The zero-order valence-electron chi connectivity index (χ0n) is 8.05. The number of nitrogens with zero attached hydrogens (tertiary/aromatic N) is 3. The molecule has 0 aliphatic heterocycles. The number of hydrogen-bond acceptors (Lipinski definition) is 3. The summed E-state index contributed by atoms with van der Waals surface area (Å²) >= 11 is 0. The highest BCUT2D eigenvalue weighted by Crippen LogP contribution is 1.92. The summed E-state index contributed by atoms with van der Waals surface area (Å²) in [6.07, 6.45) is 6.61. The molecule has 6 nitrogen and oxygen atoms in total. The Bertz CT molecular complexity index is 406. The summed E-state index contributed by atoms with van der Waals surface area (Å²) in [4.78, 5) is 11.4. The Labute approximate surface area is 86.3 Å². The summed E-state index contributed by atoms with van der Waals surface area (Å²) in [5.41, 5.74) is 0.537. The summed E-state index contributed by atoms with van der Waals surface area (Å²) in [5, 5.41) is 13.1. The van der Waals surface area contributed by atoms with E-state index >= 15 is 0 Å². The lowest BCUT2D eigenvalue weighted by molar-refractivity contribution is 0.0952. The molecule has 15 heavy (non-hydrogen) atoms. The van der Waals surface area contributed by atoms with Crippen LogP contribution in [0.1, 0.15) is 10.4 Å². The minimum absolute atomic E-state index is 0.129. The van der Waals surface area contributed by atoms with Gasteiger partial charge in [-0.25, -0.2) is 0 Å². The first-order valence-corrected chi connectivity index (χ1v) is 4.60. The molecule has 0 atom stereocenters. The molecule has 2 aromatic rings. The number of nitrogens with one attached hydrogen (secondary N) is 2. The molecule has 2 N–H and O–H groups in total. The molecule has 0 aromatic carbocycles. The van der Waals surface area contributed by atoms with Gasteiger partial charge in [-0.05, 0) is 6.07 Å². The lowest BCUT2D eigenvalue weighted by atomic mass is 10.3.